The lowest BCUT2D eigenvalue weighted by atomic mass is 9.81. The molecule has 0 spiro atoms. The first-order valence-electron chi connectivity index (χ1n) is 17.4. The van der Waals surface area contributed by atoms with Crippen molar-refractivity contribution in [2.75, 3.05) is 4.90 Å². The average Bonchev–Trinajstić information content (AvgIpc) is 3.41. The van der Waals surface area contributed by atoms with Crippen molar-refractivity contribution in [3.63, 3.8) is 0 Å². The zero-order valence-corrected chi connectivity index (χ0v) is 28.3. The third-order valence-corrected chi connectivity index (χ3v) is 10.4. The molecular weight excluding hydrogens is 603 g/mol. The van der Waals surface area contributed by atoms with E-state index in [-0.39, 0.29) is 5.41 Å². The van der Waals surface area contributed by atoms with Gasteiger partial charge in [-0.3, -0.25) is 0 Å². The van der Waals surface area contributed by atoms with E-state index in [0.717, 1.165) is 17.1 Å². The molecule has 0 saturated heterocycles. The fourth-order valence-corrected chi connectivity index (χ4v) is 7.92. The Balaban J connectivity index is 1.27. The average molecular weight is 640 g/mol. The largest absolute Gasteiger partial charge is 0.310 e. The Labute approximate surface area is 294 Å². The molecule has 8 aromatic rings. The SMILES string of the molecule is CC1(C)c2cc(N(c3ccccc3)c3cc4ccccc4cc3-c3cccc(-c4ccccc4)c3)ccc2-c2c(-c3ccccc3)cccc21. The summed E-state index contributed by atoms with van der Waals surface area (Å²) in [6, 6.07) is 68.6. The number of nitrogens with zero attached hydrogens (tertiary/aromatic N) is 1. The van der Waals surface area contributed by atoms with Gasteiger partial charge in [0.1, 0.15) is 0 Å². The molecule has 1 heteroatoms. The summed E-state index contributed by atoms with van der Waals surface area (Å²) >= 11 is 0. The van der Waals surface area contributed by atoms with Crippen LogP contribution in [0.1, 0.15) is 25.0 Å². The highest BCUT2D eigenvalue weighted by atomic mass is 15.1. The van der Waals surface area contributed by atoms with Crippen LogP contribution in [0.4, 0.5) is 17.1 Å². The minimum atomic E-state index is -0.163. The summed E-state index contributed by atoms with van der Waals surface area (Å²) in [5, 5.41) is 2.44. The van der Waals surface area contributed by atoms with Crippen molar-refractivity contribution in [1.82, 2.24) is 0 Å². The summed E-state index contributed by atoms with van der Waals surface area (Å²) in [6.07, 6.45) is 0. The summed E-state index contributed by atoms with van der Waals surface area (Å²) in [7, 11) is 0. The number of para-hydroxylation sites is 1. The molecule has 0 atom stereocenters. The van der Waals surface area contributed by atoms with Gasteiger partial charge in [0.25, 0.3) is 0 Å². The summed E-state index contributed by atoms with van der Waals surface area (Å²) in [5.74, 6) is 0. The van der Waals surface area contributed by atoms with Crippen LogP contribution in [0.2, 0.25) is 0 Å². The van der Waals surface area contributed by atoms with Gasteiger partial charge in [0.15, 0.2) is 0 Å². The molecule has 0 fully saturated rings. The molecule has 1 aliphatic rings. The smallest absolute Gasteiger partial charge is 0.0546 e. The lowest BCUT2D eigenvalue weighted by molar-refractivity contribution is 0.660. The van der Waals surface area contributed by atoms with Crippen molar-refractivity contribution in [2.45, 2.75) is 19.3 Å². The van der Waals surface area contributed by atoms with Gasteiger partial charge in [-0.1, -0.05) is 159 Å². The van der Waals surface area contributed by atoms with Crippen LogP contribution in [-0.4, -0.2) is 0 Å². The third kappa shape index (κ3) is 5.02. The Morgan fingerprint density at radius 3 is 1.70 bits per heavy atom. The van der Waals surface area contributed by atoms with E-state index in [9.17, 15) is 0 Å². The van der Waals surface area contributed by atoms with E-state index in [4.69, 9.17) is 0 Å². The molecule has 0 unspecified atom stereocenters. The third-order valence-electron chi connectivity index (χ3n) is 10.4. The van der Waals surface area contributed by atoms with E-state index in [1.165, 1.54) is 66.4 Å². The van der Waals surface area contributed by atoms with Crippen molar-refractivity contribution >= 4 is 27.8 Å². The van der Waals surface area contributed by atoms with Gasteiger partial charge >= 0.3 is 0 Å². The number of rotatable bonds is 6. The number of hydrogen-bond donors (Lipinski definition) is 0. The molecule has 0 heterocycles. The van der Waals surface area contributed by atoms with Gasteiger partial charge in [-0.25, -0.2) is 0 Å². The molecule has 1 aliphatic carbocycles. The highest BCUT2D eigenvalue weighted by molar-refractivity contribution is 6.00. The topological polar surface area (TPSA) is 3.24 Å². The molecular formula is C49H37N. The van der Waals surface area contributed by atoms with E-state index in [1.807, 2.05) is 0 Å². The molecule has 0 saturated carbocycles. The van der Waals surface area contributed by atoms with Crippen LogP contribution >= 0.6 is 0 Å². The van der Waals surface area contributed by atoms with Gasteiger partial charge < -0.3 is 4.90 Å². The molecule has 0 aliphatic heterocycles. The highest BCUT2D eigenvalue weighted by Crippen LogP contribution is 2.54. The number of hydrogen-bond acceptors (Lipinski definition) is 1. The lowest BCUT2D eigenvalue weighted by Gasteiger charge is -2.30. The van der Waals surface area contributed by atoms with Gasteiger partial charge in [-0.05, 0) is 103 Å². The Morgan fingerprint density at radius 2 is 0.960 bits per heavy atom. The quantitative estimate of drug-likeness (QED) is 0.175. The second-order valence-electron chi connectivity index (χ2n) is 13.8. The van der Waals surface area contributed by atoms with Crippen molar-refractivity contribution in [3.8, 4) is 44.5 Å². The normalized spacial score (nSPS) is 12.8. The first-order chi connectivity index (χ1) is 24.6. The fraction of sp³-hybridized carbons (Fsp3) is 0.0612. The molecule has 0 bridgehead atoms. The second kappa shape index (κ2) is 12.1. The number of benzene rings is 8. The van der Waals surface area contributed by atoms with E-state index in [2.05, 4.69) is 207 Å². The Bertz CT molecular complexity index is 2490. The first-order valence-corrected chi connectivity index (χ1v) is 17.4. The Hall–Kier alpha value is -6.18. The zero-order chi connectivity index (χ0) is 33.7. The summed E-state index contributed by atoms with van der Waals surface area (Å²) in [4.78, 5) is 2.45. The maximum atomic E-state index is 2.45. The monoisotopic (exact) mass is 639 g/mol. The standard InChI is InChI=1S/C49H37N/c1-49(2)45-27-15-26-42(35-18-8-4-9-19-35)48(45)43-29-28-41(33-46(43)49)50(40-24-10-5-11-25-40)47-32-38-21-13-12-20-37(38)31-44(47)39-23-14-22-36(30-39)34-16-6-3-7-17-34/h3-33H,1-2H3. The van der Waals surface area contributed by atoms with Crippen molar-refractivity contribution in [1.29, 1.82) is 0 Å². The molecule has 0 radical (unpaired) electrons. The minimum Gasteiger partial charge on any atom is -0.310 e. The fourth-order valence-electron chi connectivity index (χ4n) is 7.92. The molecule has 0 amide bonds. The number of anilines is 3. The van der Waals surface area contributed by atoms with Crippen LogP contribution in [0.5, 0.6) is 0 Å². The maximum Gasteiger partial charge on any atom is 0.0546 e. The molecule has 50 heavy (non-hydrogen) atoms. The Morgan fingerprint density at radius 1 is 0.360 bits per heavy atom. The lowest BCUT2D eigenvalue weighted by Crippen LogP contribution is -2.17. The van der Waals surface area contributed by atoms with Crippen LogP contribution < -0.4 is 4.90 Å². The van der Waals surface area contributed by atoms with Crippen LogP contribution in [-0.2, 0) is 5.41 Å². The van der Waals surface area contributed by atoms with Crippen molar-refractivity contribution in [3.05, 3.63) is 199 Å². The van der Waals surface area contributed by atoms with Gasteiger partial charge in [-0.2, -0.15) is 0 Å². The van der Waals surface area contributed by atoms with Crippen LogP contribution in [0.25, 0.3) is 55.3 Å². The molecule has 9 rings (SSSR count). The molecule has 0 aromatic heterocycles. The predicted octanol–water partition coefficient (Wildman–Crippen LogP) is 13.6. The summed E-state index contributed by atoms with van der Waals surface area (Å²) in [6.45, 7) is 4.75. The minimum absolute atomic E-state index is 0.163. The molecule has 0 N–H and O–H groups in total. The van der Waals surface area contributed by atoms with Crippen molar-refractivity contribution in [2.24, 2.45) is 0 Å². The molecule has 1 nitrogen and oxygen atoms in total. The zero-order valence-electron chi connectivity index (χ0n) is 28.3. The number of fused-ring (bicyclic) bond motifs is 4. The second-order valence-corrected chi connectivity index (χ2v) is 13.8. The predicted molar refractivity (Wildman–Crippen MR) is 213 cm³/mol. The van der Waals surface area contributed by atoms with E-state index >= 15 is 0 Å². The Kier molecular flexibility index (Phi) is 7.21. The highest BCUT2D eigenvalue weighted by Gasteiger charge is 2.37. The molecule has 238 valence electrons. The maximum absolute atomic E-state index is 2.45. The van der Waals surface area contributed by atoms with Gasteiger partial charge in [-0.15, -0.1) is 0 Å². The molecule has 8 aromatic carbocycles. The van der Waals surface area contributed by atoms with Gasteiger partial charge in [0.2, 0.25) is 0 Å². The van der Waals surface area contributed by atoms with E-state index < -0.39 is 0 Å². The summed E-state index contributed by atoms with van der Waals surface area (Å²) in [5.41, 5.74) is 16.0. The van der Waals surface area contributed by atoms with Crippen molar-refractivity contribution < 1.29 is 0 Å². The van der Waals surface area contributed by atoms with E-state index in [1.54, 1.807) is 0 Å². The first kappa shape index (κ1) is 29.9. The van der Waals surface area contributed by atoms with Crippen LogP contribution in [0.3, 0.4) is 0 Å². The summed E-state index contributed by atoms with van der Waals surface area (Å²) < 4.78 is 0. The van der Waals surface area contributed by atoms with Gasteiger partial charge in [0, 0.05) is 22.4 Å². The van der Waals surface area contributed by atoms with Gasteiger partial charge in [0.05, 0.1) is 5.69 Å². The van der Waals surface area contributed by atoms with Crippen LogP contribution in [0, 0.1) is 0 Å². The van der Waals surface area contributed by atoms with E-state index in [0.29, 0.717) is 0 Å². The van der Waals surface area contributed by atoms with Crippen LogP contribution in [0.15, 0.2) is 188 Å².